The quantitative estimate of drug-likeness (QED) is 0.718. The molecule has 0 bridgehead atoms. The van der Waals surface area contributed by atoms with Crippen LogP contribution in [0.5, 0.6) is 0 Å². The van der Waals surface area contributed by atoms with Gasteiger partial charge in [-0.2, -0.15) is 22.8 Å². The molecule has 0 radical (unpaired) electrons. The molecule has 1 saturated heterocycles. The zero-order valence-corrected chi connectivity index (χ0v) is 14.0. The van der Waals surface area contributed by atoms with Gasteiger partial charge in [0.1, 0.15) is 5.82 Å². The molecule has 1 N–H and O–H groups in total. The molecule has 0 atom stereocenters. The first-order chi connectivity index (χ1) is 12.9. The van der Waals surface area contributed by atoms with Gasteiger partial charge in [-0.1, -0.05) is 0 Å². The van der Waals surface area contributed by atoms with Crippen molar-refractivity contribution in [2.75, 3.05) is 31.1 Å². The second kappa shape index (κ2) is 6.52. The van der Waals surface area contributed by atoms with E-state index in [1.807, 2.05) is 4.90 Å². The number of hydrogen-bond acceptors (Lipinski definition) is 6. The number of H-pyrrole nitrogens is 1. The molecule has 142 valence electrons. The lowest BCUT2D eigenvalue weighted by Gasteiger charge is -2.22. The highest BCUT2D eigenvalue weighted by atomic mass is 19.4. The van der Waals surface area contributed by atoms with Crippen LogP contribution in [0.4, 0.5) is 19.0 Å². The maximum atomic E-state index is 13.0. The van der Waals surface area contributed by atoms with Gasteiger partial charge in [0.05, 0.1) is 11.8 Å². The van der Waals surface area contributed by atoms with Crippen LogP contribution >= 0.6 is 0 Å². The normalized spacial score (nSPS) is 16.0. The van der Waals surface area contributed by atoms with Gasteiger partial charge in [-0.3, -0.25) is 9.89 Å². The van der Waals surface area contributed by atoms with Crippen molar-refractivity contribution in [3.8, 4) is 0 Å². The van der Waals surface area contributed by atoms with Crippen molar-refractivity contribution in [2.45, 2.75) is 12.6 Å². The highest BCUT2D eigenvalue weighted by Gasteiger charge is 2.37. The van der Waals surface area contributed by atoms with E-state index in [0.717, 1.165) is 0 Å². The molecule has 3 aromatic heterocycles. The van der Waals surface area contributed by atoms with E-state index in [1.165, 1.54) is 18.5 Å². The molecule has 0 unspecified atom stereocenters. The summed E-state index contributed by atoms with van der Waals surface area (Å²) in [5, 5.41) is 17.1. The number of rotatable bonds is 2. The standard InChI is InChI=1S/C15H15F3N8O/c16-15(17,18)14-22-21-11-2-3-12(23-26(11)14)24-4-1-5-25(7-6-24)13(27)10-8-19-20-9-10/h2-3,8-9H,1,4-7H2,(H,19,20). The average molecular weight is 380 g/mol. The molecule has 12 heteroatoms. The van der Waals surface area contributed by atoms with Gasteiger partial charge in [-0.25, -0.2) is 0 Å². The fraction of sp³-hybridized carbons (Fsp3) is 0.400. The third-order valence-electron chi connectivity index (χ3n) is 4.35. The summed E-state index contributed by atoms with van der Waals surface area (Å²) in [4.78, 5) is 16.0. The van der Waals surface area contributed by atoms with Gasteiger partial charge in [0.15, 0.2) is 5.65 Å². The number of nitrogens with one attached hydrogen (secondary N) is 1. The monoisotopic (exact) mass is 380 g/mol. The lowest BCUT2D eigenvalue weighted by atomic mass is 10.3. The minimum Gasteiger partial charge on any atom is -0.353 e. The van der Waals surface area contributed by atoms with Crippen molar-refractivity contribution in [1.29, 1.82) is 0 Å². The van der Waals surface area contributed by atoms with Crippen molar-refractivity contribution in [2.24, 2.45) is 0 Å². The molecule has 4 rings (SSSR count). The second-order valence-electron chi connectivity index (χ2n) is 6.10. The summed E-state index contributed by atoms with van der Waals surface area (Å²) < 4.78 is 39.8. The Morgan fingerprint density at radius 3 is 2.70 bits per heavy atom. The first-order valence-electron chi connectivity index (χ1n) is 8.26. The van der Waals surface area contributed by atoms with Crippen molar-refractivity contribution < 1.29 is 18.0 Å². The van der Waals surface area contributed by atoms with Crippen LogP contribution in [0.25, 0.3) is 5.65 Å². The maximum Gasteiger partial charge on any atom is 0.453 e. The Kier molecular flexibility index (Phi) is 4.16. The number of anilines is 1. The summed E-state index contributed by atoms with van der Waals surface area (Å²) in [6.07, 6.45) is -0.981. The van der Waals surface area contributed by atoms with E-state index in [-0.39, 0.29) is 11.6 Å². The van der Waals surface area contributed by atoms with Crippen molar-refractivity contribution in [3.05, 3.63) is 35.9 Å². The van der Waals surface area contributed by atoms with E-state index in [0.29, 0.717) is 48.5 Å². The average Bonchev–Trinajstić information content (AvgIpc) is 3.25. The topological polar surface area (TPSA) is 95.3 Å². The summed E-state index contributed by atoms with van der Waals surface area (Å²) >= 11 is 0. The summed E-state index contributed by atoms with van der Waals surface area (Å²) in [7, 11) is 0. The third-order valence-corrected chi connectivity index (χ3v) is 4.35. The Bertz CT molecular complexity index is 952. The van der Waals surface area contributed by atoms with E-state index in [4.69, 9.17) is 0 Å². The predicted molar refractivity (Wildman–Crippen MR) is 87.1 cm³/mol. The highest BCUT2D eigenvalue weighted by Crippen LogP contribution is 2.28. The number of carbonyl (C=O) groups is 1. The molecule has 0 saturated carbocycles. The number of alkyl halides is 3. The second-order valence-corrected chi connectivity index (χ2v) is 6.10. The lowest BCUT2D eigenvalue weighted by molar-refractivity contribution is -0.146. The fourth-order valence-corrected chi connectivity index (χ4v) is 3.02. The van der Waals surface area contributed by atoms with Crippen LogP contribution in [0.15, 0.2) is 24.5 Å². The van der Waals surface area contributed by atoms with Gasteiger partial charge in [0.2, 0.25) is 0 Å². The fourth-order valence-electron chi connectivity index (χ4n) is 3.02. The SMILES string of the molecule is O=C(c1cn[nH]c1)N1CCCN(c2ccc3nnc(C(F)(F)F)n3n2)CC1. The predicted octanol–water partition coefficient (Wildman–Crippen LogP) is 1.22. The van der Waals surface area contributed by atoms with Gasteiger partial charge in [-0.15, -0.1) is 15.3 Å². The molecule has 0 aliphatic carbocycles. The summed E-state index contributed by atoms with van der Waals surface area (Å²) in [5.74, 6) is -0.913. The Hall–Kier alpha value is -3.18. The molecule has 27 heavy (non-hydrogen) atoms. The summed E-state index contributed by atoms with van der Waals surface area (Å²) in [6.45, 7) is 1.99. The Morgan fingerprint density at radius 1 is 1.11 bits per heavy atom. The number of aromatic amines is 1. The Morgan fingerprint density at radius 2 is 1.96 bits per heavy atom. The van der Waals surface area contributed by atoms with Crippen LogP contribution in [0.2, 0.25) is 0 Å². The van der Waals surface area contributed by atoms with E-state index in [1.54, 1.807) is 11.0 Å². The molecule has 1 amide bonds. The van der Waals surface area contributed by atoms with Gasteiger partial charge in [0.25, 0.3) is 11.7 Å². The zero-order chi connectivity index (χ0) is 19.0. The first kappa shape index (κ1) is 17.2. The molecule has 1 fully saturated rings. The molecular formula is C15H15F3N8O. The lowest BCUT2D eigenvalue weighted by Crippen LogP contribution is -2.35. The Balaban J connectivity index is 1.55. The van der Waals surface area contributed by atoms with Crippen molar-refractivity contribution in [3.63, 3.8) is 0 Å². The van der Waals surface area contributed by atoms with Crippen molar-refractivity contribution in [1.82, 2.24) is 34.9 Å². The largest absolute Gasteiger partial charge is 0.453 e. The third kappa shape index (κ3) is 3.29. The number of hydrogen-bond donors (Lipinski definition) is 1. The molecule has 0 aromatic carbocycles. The van der Waals surface area contributed by atoms with Crippen LogP contribution in [0.1, 0.15) is 22.6 Å². The Labute approximate surface area is 150 Å². The van der Waals surface area contributed by atoms with E-state index in [2.05, 4.69) is 25.5 Å². The molecular weight excluding hydrogens is 365 g/mol. The number of amides is 1. The van der Waals surface area contributed by atoms with Gasteiger partial charge in [0, 0.05) is 32.4 Å². The van der Waals surface area contributed by atoms with Crippen LogP contribution < -0.4 is 4.90 Å². The maximum absolute atomic E-state index is 13.0. The highest BCUT2D eigenvalue weighted by molar-refractivity contribution is 5.93. The molecule has 1 aliphatic rings. The molecule has 0 spiro atoms. The van der Waals surface area contributed by atoms with Gasteiger partial charge >= 0.3 is 6.18 Å². The number of aromatic nitrogens is 6. The number of nitrogens with zero attached hydrogens (tertiary/aromatic N) is 7. The smallest absolute Gasteiger partial charge is 0.353 e. The molecule has 4 heterocycles. The molecule has 3 aromatic rings. The minimum absolute atomic E-state index is 0.0256. The van der Waals surface area contributed by atoms with Crippen LogP contribution in [-0.2, 0) is 6.18 Å². The number of halogens is 3. The number of fused-ring (bicyclic) bond motifs is 1. The molecule has 1 aliphatic heterocycles. The van der Waals surface area contributed by atoms with Gasteiger partial charge in [-0.05, 0) is 18.6 Å². The van der Waals surface area contributed by atoms with E-state index in [9.17, 15) is 18.0 Å². The van der Waals surface area contributed by atoms with Crippen molar-refractivity contribution >= 4 is 17.4 Å². The van der Waals surface area contributed by atoms with Gasteiger partial charge < -0.3 is 9.80 Å². The summed E-state index contributed by atoms with van der Waals surface area (Å²) in [6, 6.07) is 3.06. The zero-order valence-electron chi connectivity index (χ0n) is 14.0. The first-order valence-corrected chi connectivity index (χ1v) is 8.26. The number of carbonyl (C=O) groups excluding carboxylic acids is 1. The van der Waals surface area contributed by atoms with Crippen LogP contribution in [-0.4, -0.2) is 67.0 Å². The molecule has 9 nitrogen and oxygen atoms in total. The van der Waals surface area contributed by atoms with Crippen LogP contribution in [0, 0.1) is 0 Å². The van der Waals surface area contributed by atoms with Crippen LogP contribution in [0.3, 0.4) is 0 Å². The van der Waals surface area contributed by atoms with E-state index < -0.39 is 12.0 Å². The van der Waals surface area contributed by atoms with E-state index >= 15 is 0 Å². The summed E-state index contributed by atoms with van der Waals surface area (Å²) in [5.41, 5.74) is 0.500. The minimum atomic E-state index is -4.64.